The van der Waals surface area contributed by atoms with Crippen LogP contribution in [0.5, 0.6) is 5.88 Å². The molecule has 2 fully saturated rings. The van der Waals surface area contributed by atoms with Crippen LogP contribution in [0.2, 0.25) is 0 Å². The molecule has 2 aliphatic rings. The molecule has 0 bridgehead atoms. The zero-order valence-electron chi connectivity index (χ0n) is 27.9. The van der Waals surface area contributed by atoms with Crippen LogP contribution in [0.3, 0.4) is 0 Å². The highest BCUT2D eigenvalue weighted by atomic mass is 16.6. The lowest BCUT2D eigenvalue weighted by atomic mass is 9.79. The van der Waals surface area contributed by atoms with Crippen LogP contribution >= 0.6 is 0 Å². The minimum atomic E-state index is -0.623. The summed E-state index contributed by atoms with van der Waals surface area (Å²) in [6.45, 7) is 7.57. The standard InChI is InChI=1S/C39H45N3O5/c1-39(2,3)47-38(44)41-21-20-33(30-13-8-12-29(24-30)27-10-6-5-7-11-27)34(26-41)37(43)42(31-17-18-31)32-16-14-28-15-19-36(40-35(28)25-32)46-23-9-22-45-4/h5-8,10-16,19,24-25,31,33-34H,9,17-18,20-23,26H2,1-4H3/t33-,34+/m1/s1. The first kappa shape index (κ1) is 32.5. The Morgan fingerprint density at radius 1 is 0.894 bits per heavy atom. The molecule has 0 radical (unpaired) electrons. The molecule has 1 aliphatic heterocycles. The van der Waals surface area contributed by atoms with E-state index in [0.717, 1.165) is 52.5 Å². The van der Waals surface area contributed by atoms with E-state index in [4.69, 9.17) is 19.2 Å². The molecule has 47 heavy (non-hydrogen) atoms. The Balaban J connectivity index is 1.32. The smallest absolute Gasteiger partial charge is 0.410 e. The number of hydrogen-bond donors (Lipinski definition) is 0. The van der Waals surface area contributed by atoms with Crippen LogP contribution in [-0.2, 0) is 14.3 Å². The normalized spacial score (nSPS) is 18.2. The van der Waals surface area contributed by atoms with Gasteiger partial charge in [0.15, 0.2) is 0 Å². The van der Waals surface area contributed by atoms with Gasteiger partial charge in [0.25, 0.3) is 0 Å². The van der Waals surface area contributed by atoms with Crippen LogP contribution in [0.1, 0.15) is 57.9 Å². The van der Waals surface area contributed by atoms with E-state index in [-0.39, 0.29) is 24.0 Å². The molecule has 1 aromatic heterocycles. The summed E-state index contributed by atoms with van der Waals surface area (Å²) in [6.07, 6.45) is 2.94. The van der Waals surface area contributed by atoms with Crippen LogP contribution in [0, 0.1) is 5.92 Å². The third-order valence-corrected chi connectivity index (χ3v) is 8.82. The van der Waals surface area contributed by atoms with E-state index in [9.17, 15) is 9.59 Å². The van der Waals surface area contributed by atoms with Crippen LogP contribution in [0.15, 0.2) is 84.9 Å². The van der Waals surface area contributed by atoms with E-state index >= 15 is 0 Å². The average molecular weight is 636 g/mol. The molecule has 4 aromatic rings. The van der Waals surface area contributed by atoms with Crippen molar-refractivity contribution in [1.29, 1.82) is 0 Å². The average Bonchev–Trinajstić information content (AvgIpc) is 3.91. The van der Waals surface area contributed by atoms with E-state index < -0.39 is 11.5 Å². The van der Waals surface area contributed by atoms with Crippen molar-refractivity contribution in [3.8, 4) is 17.0 Å². The molecule has 246 valence electrons. The molecule has 0 spiro atoms. The number of likely N-dealkylation sites (tertiary alicyclic amines) is 1. The Morgan fingerprint density at radius 3 is 2.40 bits per heavy atom. The number of aromatic nitrogens is 1. The summed E-state index contributed by atoms with van der Waals surface area (Å²) >= 11 is 0. The molecule has 8 nitrogen and oxygen atoms in total. The largest absolute Gasteiger partial charge is 0.478 e. The Hall–Kier alpha value is -4.43. The van der Waals surface area contributed by atoms with Gasteiger partial charge in [-0.3, -0.25) is 4.79 Å². The van der Waals surface area contributed by atoms with Gasteiger partial charge in [-0.15, -0.1) is 0 Å². The van der Waals surface area contributed by atoms with Crippen molar-refractivity contribution in [1.82, 2.24) is 9.88 Å². The molecule has 2 atom stereocenters. The lowest BCUT2D eigenvalue weighted by Crippen LogP contribution is -2.51. The number of rotatable bonds is 10. The topological polar surface area (TPSA) is 81.2 Å². The number of piperidine rings is 1. The number of fused-ring (bicyclic) bond motifs is 1. The second-order valence-corrected chi connectivity index (χ2v) is 13.6. The van der Waals surface area contributed by atoms with Gasteiger partial charge in [0.2, 0.25) is 11.8 Å². The summed E-state index contributed by atoms with van der Waals surface area (Å²) in [5.41, 5.74) is 4.33. The molecule has 3 aromatic carbocycles. The molecule has 0 N–H and O–H groups in total. The van der Waals surface area contributed by atoms with E-state index in [0.29, 0.717) is 38.6 Å². The van der Waals surface area contributed by atoms with E-state index in [1.807, 2.05) is 74.2 Å². The molecule has 1 aliphatic carbocycles. The van der Waals surface area contributed by atoms with Crippen molar-refractivity contribution in [3.63, 3.8) is 0 Å². The SMILES string of the molecule is COCCCOc1ccc2ccc(N(C(=O)[C@H]3CN(C(=O)OC(C)(C)C)CC[C@@H]3c3cccc(-c4ccccc4)c3)C3CC3)cc2n1. The highest BCUT2D eigenvalue weighted by Gasteiger charge is 2.44. The number of pyridine rings is 1. The van der Waals surface area contributed by atoms with Crippen molar-refractivity contribution in [2.24, 2.45) is 5.92 Å². The fourth-order valence-corrected chi connectivity index (χ4v) is 6.40. The maximum absolute atomic E-state index is 14.9. The monoisotopic (exact) mass is 635 g/mol. The fourth-order valence-electron chi connectivity index (χ4n) is 6.40. The third-order valence-electron chi connectivity index (χ3n) is 8.82. The van der Waals surface area contributed by atoms with E-state index in [2.05, 4.69) is 36.4 Å². The fraction of sp³-hybridized carbons (Fsp3) is 0.410. The van der Waals surface area contributed by atoms with Crippen LogP contribution in [0.25, 0.3) is 22.0 Å². The van der Waals surface area contributed by atoms with E-state index in [1.165, 1.54) is 0 Å². The Morgan fingerprint density at radius 2 is 1.66 bits per heavy atom. The lowest BCUT2D eigenvalue weighted by molar-refractivity contribution is -0.124. The van der Waals surface area contributed by atoms with Crippen LogP contribution in [0.4, 0.5) is 10.5 Å². The number of hydrogen-bond acceptors (Lipinski definition) is 6. The van der Waals surface area contributed by atoms with Gasteiger partial charge >= 0.3 is 6.09 Å². The van der Waals surface area contributed by atoms with Crippen LogP contribution < -0.4 is 9.64 Å². The summed E-state index contributed by atoms with van der Waals surface area (Å²) in [4.78, 5) is 36.6. The Labute approximate surface area is 277 Å². The van der Waals surface area contributed by atoms with Crippen LogP contribution in [-0.4, -0.2) is 66.9 Å². The third kappa shape index (κ3) is 7.93. The first-order valence-electron chi connectivity index (χ1n) is 16.7. The summed E-state index contributed by atoms with van der Waals surface area (Å²) in [5, 5.41) is 0.977. The van der Waals surface area contributed by atoms with Gasteiger partial charge in [-0.2, -0.15) is 0 Å². The molecule has 1 saturated carbocycles. The maximum Gasteiger partial charge on any atom is 0.410 e. The first-order valence-corrected chi connectivity index (χ1v) is 16.7. The first-order chi connectivity index (χ1) is 22.7. The van der Waals surface area contributed by atoms with E-state index in [1.54, 1.807) is 12.0 Å². The molecular weight excluding hydrogens is 590 g/mol. The van der Waals surface area contributed by atoms with Gasteiger partial charge in [0.1, 0.15) is 5.60 Å². The lowest BCUT2D eigenvalue weighted by Gasteiger charge is -2.40. The number of benzene rings is 3. The van der Waals surface area contributed by atoms with Crippen molar-refractivity contribution in [2.75, 3.05) is 38.3 Å². The zero-order valence-corrected chi connectivity index (χ0v) is 27.9. The number of methoxy groups -OCH3 is 1. The Bertz CT molecular complexity index is 1700. The highest BCUT2D eigenvalue weighted by molar-refractivity contribution is 5.99. The quantitative estimate of drug-likeness (QED) is 0.165. The van der Waals surface area contributed by atoms with Gasteiger partial charge < -0.3 is 24.0 Å². The zero-order chi connectivity index (χ0) is 33.0. The van der Waals surface area contributed by atoms with Crippen molar-refractivity contribution < 1.29 is 23.8 Å². The number of ether oxygens (including phenoxy) is 3. The summed E-state index contributed by atoms with van der Waals surface area (Å²) in [6, 6.07) is 28.8. The molecule has 8 heteroatoms. The highest BCUT2D eigenvalue weighted by Crippen LogP contribution is 2.41. The number of amides is 2. The number of carbonyl (C=O) groups excluding carboxylic acids is 2. The second kappa shape index (κ2) is 14.1. The molecule has 2 heterocycles. The number of carbonyl (C=O) groups is 2. The Kier molecular flexibility index (Phi) is 9.78. The molecule has 6 rings (SSSR count). The predicted octanol–water partition coefficient (Wildman–Crippen LogP) is 7.85. The van der Waals surface area contributed by atoms with Crippen molar-refractivity contribution >= 4 is 28.6 Å². The molecular formula is C39H45N3O5. The minimum absolute atomic E-state index is 0.0298. The van der Waals surface area contributed by atoms with Gasteiger partial charge in [-0.05, 0) is 80.8 Å². The van der Waals surface area contributed by atoms with Gasteiger partial charge in [-0.1, -0.05) is 60.7 Å². The maximum atomic E-state index is 14.9. The molecule has 2 amide bonds. The van der Waals surface area contributed by atoms with Gasteiger partial charge in [0, 0.05) is 56.4 Å². The van der Waals surface area contributed by atoms with Gasteiger partial charge in [0.05, 0.1) is 18.0 Å². The number of anilines is 1. The summed E-state index contributed by atoms with van der Waals surface area (Å²) in [7, 11) is 1.68. The predicted molar refractivity (Wildman–Crippen MR) is 185 cm³/mol. The summed E-state index contributed by atoms with van der Waals surface area (Å²) < 4.78 is 16.8. The summed E-state index contributed by atoms with van der Waals surface area (Å²) in [5.74, 6) is 0.0784. The van der Waals surface area contributed by atoms with Gasteiger partial charge in [-0.25, -0.2) is 9.78 Å². The molecule has 0 unspecified atom stereocenters. The second-order valence-electron chi connectivity index (χ2n) is 13.6. The number of nitrogens with zero attached hydrogens (tertiary/aromatic N) is 3. The van der Waals surface area contributed by atoms with Crippen molar-refractivity contribution in [2.45, 2.75) is 64.0 Å². The van der Waals surface area contributed by atoms with Crippen molar-refractivity contribution in [3.05, 3.63) is 90.5 Å². The molecule has 1 saturated heterocycles. The minimum Gasteiger partial charge on any atom is -0.478 e.